The average Bonchev–Trinajstić information content (AvgIpc) is 2.35. The highest BCUT2D eigenvalue weighted by atomic mass is 16.6. The minimum absolute atomic E-state index is 0.0146. The number of carbonyl (C=O) groups is 1. The number of esters is 1. The molecular formula is C11H14N2O4. The molecule has 0 aliphatic heterocycles. The predicted molar refractivity (Wildman–Crippen MR) is 62.8 cm³/mol. The van der Waals surface area contributed by atoms with Gasteiger partial charge >= 0.3 is 5.97 Å². The lowest BCUT2D eigenvalue weighted by Gasteiger charge is -2.11. The first-order chi connectivity index (χ1) is 8.04. The van der Waals surface area contributed by atoms with E-state index < -0.39 is 4.92 Å². The highest BCUT2D eigenvalue weighted by molar-refractivity contribution is 5.72. The van der Waals surface area contributed by atoms with Crippen LogP contribution in [0.15, 0.2) is 24.3 Å². The van der Waals surface area contributed by atoms with E-state index in [4.69, 9.17) is 0 Å². The molecule has 1 aromatic rings. The molecule has 0 amide bonds. The highest BCUT2D eigenvalue weighted by Crippen LogP contribution is 2.17. The van der Waals surface area contributed by atoms with Gasteiger partial charge in [-0.05, 0) is 6.07 Å². The Morgan fingerprint density at radius 2 is 2.29 bits per heavy atom. The molecule has 0 aromatic heterocycles. The fraction of sp³-hybridized carbons (Fsp3) is 0.364. The van der Waals surface area contributed by atoms with Crippen molar-refractivity contribution in [2.24, 2.45) is 5.92 Å². The van der Waals surface area contributed by atoms with Crippen LogP contribution in [0.3, 0.4) is 0 Å². The van der Waals surface area contributed by atoms with Gasteiger partial charge in [0, 0.05) is 24.4 Å². The van der Waals surface area contributed by atoms with Crippen LogP contribution in [0.2, 0.25) is 0 Å². The van der Waals surface area contributed by atoms with Crippen LogP contribution in [0.1, 0.15) is 6.92 Å². The number of rotatable bonds is 5. The molecule has 1 unspecified atom stereocenters. The lowest BCUT2D eigenvalue weighted by atomic mass is 10.2. The standard InChI is InChI=1S/C11H14N2O4/c1-8(11(14)17-2)7-12-9-4-3-5-10(6-9)13(15)16/h3-6,8,12H,7H2,1-2H3. The number of nitrogens with one attached hydrogen (secondary N) is 1. The topological polar surface area (TPSA) is 81.5 Å². The van der Waals surface area contributed by atoms with Crippen molar-refractivity contribution in [3.63, 3.8) is 0 Å². The summed E-state index contributed by atoms with van der Waals surface area (Å²) in [6, 6.07) is 6.12. The minimum atomic E-state index is -0.463. The molecule has 1 rings (SSSR count). The molecule has 17 heavy (non-hydrogen) atoms. The van der Waals surface area contributed by atoms with Crippen LogP contribution in [-0.4, -0.2) is 24.5 Å². The van der Waals surface area contributed by atoms with Gasteiger partial charge in [0.05, 0.1) is 18.0 Å². The van der Waals surface area contributed by atoms with E-state index in [0.717, 1.165) is 0 Å². The monoisotopic (exact) mass is 238 g/mol. The first kappa shape index (κ1) is 13.0. The smallest absolute Gasteiger partial charge is 0.310 e. The Morgan fingerprint density at radius 3 is 2.88 bits per heavy atom. The van der Waals surface area contributed by atoms with E-state index in [9.17, 15) is 14.9 Å². The van der Waals surface area contributed by atoms with Gasteiger partial charge in [-0.15, -0.1) is 0 Å². The molecule has 0 radical (unpaired) electrons. The third-order valence-electron chi connectivity index (χ3n) is 2.27. The van der Waals surface area contributed by atoms with E-state index in [-0.39, 0.29) is 17.6 Å². The van der Waals surface area contributed by atoms with E-state index in [1.54, 1.807) is 19.1 Å². The molecule has 92 valence electrons. The summed E-state index contributed by atoms with van der Waals surface area (Å²) in [6.45, 7) is 2.09. The summed E-state index contributed by atoms with van der Waals surface area (Å²) in [5.74, 6) is -0.623. The van der Waals surface area contributed by atoms with Gasteiger partial charge in [0.1, 0.15) is 0 Å². The third-order valence-corrected chi connectivity index (χ3v) is 2.27. The summed E-state index contributed by atoms with van der Waals surface area (Å²) in [7, 11) is 1.33. The number of hydrogen-bond acceptors (Lipinski definition) is 5. The molecule has 0 heterocycles. The molecule has 6 heteroatoms. The number of carbonyl (C=O) groups excluding carboxylic acids is 1. The van der Waals surface area contributed by atoms with Crippen molar-refractivity contribution in [1.29, 1.82) is 0 Å². The Bertz CT molecular complexity index is 420. The third kappa shape index (κ3) is 3.75. The lowest BCUT2D eigenvalue weighted by Crippen LogP contribution is -2.21. The molecule has 6 nitrogen and oxygen atoms in total. The van der Waals surface area contributed by atoms with Gasteiger partial charge in [0.2, 0.25) is 0 Å². The van der Waals surface area contributed by atoms with E-state index in [1.165, 1.54) is 19.2 Å². The van der Waals surface area contributed by atoms with Crippen molar-refractivity contribution in [1.82, 2.24) is 0 Å². The highest BCUT2D eigenvalue weighted by Gasteiger charge is 2.13. The van der Waals surface area contributed by atoms with Crippen LogP contribution in [-0.2, 0) is 9.53 Å². The molecule has 1 atom stereocenters. The minimum Gasteiger partial charge on any atom is -0.469 e. The van der Waals surface area contributed by atoms with Gasteiger partial charge < -0.3 is 10.1 Å². The van der Waals surface area contributed by atoms with E-state index in [0.29, 0.717) is 12.2 Å². The van der Waals surface area contributed by atoms with E-state index >= 15 is 0 Å². The van der Waals surface area contributed by atoms with Crippen LogP contribution in [0.25, 0.3) is 0 Å². The molecule has 1 N–H and O–H groups in total. The van der Waals surface area contributed by atoms with Crippen molar-refractivity contribution in [3.8, 4) is 0 Å². The summed E-state index contributed by atoms with van der Waals surface area (Å²) in [5.41, 5.74) is 0.621. The number of benzene rings is 1. The fourth-order valence-electron chi connectivity index (χ4n) is 1.28. The van der Waals surface area contributed by atoms with Crippen molar-refractivity contribution in [2.45, 2.75) is 6.92 Å². The maximum Gasteiger partial charge on any atom is 0.310 e. The van der Waals surface area contributed by atoms with Crippen LogP contribution in [0.4, 0.5) is 11.4 Å². The largest absolute Gasteiger partial charge is 0.469 e. The van der Waals surface area contributed by atoms with Gasteiger partial charge in [-0.3, -0.25) is 14.9 Å². The summed E-state index contributed by atoms with van der Waals surface area (Å²) in [6.07, 6.45) is 0. The van der Waals surface area contributed by atoms with Crippen LogP contribution >= 0.6 is 0 Å². The summed E-state index contributed by atoms with van der Waals surface area (Å²) in [4.78, 5) is 21.2. The molecule has 1 aromatic carbocycles. The van der Waals surface area contributed by atoms with Gasteiger partial charge in [0.15, 0.2) is 0 Å². The number of ether oxygens (including phenoxy) is 1. The maximum absolute atomic E-state index is 11.1. The Labute approximate surface area is 98.7 Å². The lowest BCUT2D eigenvalue weighted by molar-refractivity contribution is -0.384. The predicted octanol–water partition coefficient (Wildman–Crippen LogP) is 1.82. The molecule has 0 saturated carbocycles. The van der Waals surface area contributed by atoms with E-state index in [1.807, 2.05) is 0 Å². The van der Waals surface area contributed by atoms with Crippen molar-refractivity contribution >= 4 is 17.3 Å². The quantitative estimate of drug-likeness (QED) is 0.480. The van der Waals surface area contributed by atoms with Gasteiger partial charge in [-0.25, -0.2) is 0 Å². The molecule has 0 fully saturated rings. The van der Waals surface area contributed by atoms with E-state index in [2.05, 4.69) is 10.1 Å². The molecule has 0 saturated heterocycles. The van der Waals surface area contributed by atoms with Gasteiger partial charge in [-0.1, -0.05) is 13.0 Å². The van der Waals surface area contributed by atoms with Crippen molar-refractivity contribution in [2.75, 3.05) is 19.0 Å². The van der Waals surface area contributed by atoms with Crippen LogP contribution in [0.5, 0.6) is 0 Å². The average molecular weight is 238 g/mol. The Balaban J connectivity index is 2.60. The summed E-state index contributed by atoms with van der Waals surface area (Å²) >= 11 is 0. The number of non-ortho nitro benzene ring substituents is 1. The number of nitro groups is 1. The van der Waals surface area contributed by atoms with Crippen LogP contribution in [0, 0.1) is 16.0 Å². The van der Waals surface area contributed by atoms with Gasteiger partial charge in [0.25, 0.3) is 5.69 Å². The second-order valence-electron chi connectivity index (χ2n) is 3.61. The number of nitrogens with zero attached hydrogens (tertiary/aromatic N) is 1. The number of hydrogen-bond donors (Lipinski definition) is 1. The Hall–Kier alpha value is -2.11. The first-order valence-electron chi connectivity index (χ1n) is 5.10. The summed E-state index contributed by atoms with van der Waals surface area (Å²) < 4.78 is 4.58. The zero-order valence-electron chi connectivity index (χ0n) is 9.67. The zero-order valence-corrected chi connectivity index (χ0v) is 9.67. The zero-order chi connectivity index (χ0) is 12.8. The second-order valence-corrected chi connectivity index (χ2v) is 3.61. The number of anilines is 1. The Kier molecular flexibility index (Phi) is 4.45. The molecule has 0 bridgehead atoms. The molecule has 0 aliphatic carbocycles. The molecular weight excluding hydrogens is 224 g/mol. The fourth-order valence-corrected chi connectivity index (χ4v) is 1.28. The Morgan fingerprint density at radius 1 is 1.59 bits per heavy atom. The molecule has 0 spiro atoms. The van der Waals surface area contributed by atoms with Gasteiger partial charge in [-0.2, -0.15) is 0 Å². The SMILES string of the molecule is COC(=O)C(C)CNc1cccc([N+](=O)[O-])c1. The van der Waals surface area contributed by atoms with Crippen LogP contribution < -0.4 is 5.32 Å². The number of nitro benzene ring substituents is 1. The van der Waals surface area contributed by atoms with Crippen molar-refractivity contribution in [3.05, 3.63) is 34.4 Å². The van der Waals surface area contributed by atoms with Crippen molar-refractivity contribution < 1.29 is 14.5 Å². The molecule has 0 aliphatic rings. The second kappa shape index (κ2) is 5.83. The normalized spacial score (nSPS) is 11.6. The summed E-state index contributed by atoms with van der Waals surface area (Å²) in [5, 5.41) is 13.5. The number of methoxy groups -OCH3 is 1. The maximum atomic E-state index is 11.1. The first-order valence-corrected chi connectivity index (χ1v) is 5.10.